The zero-order valence-corrected chi connectivity index (χ0v) is 12.6. The molecule has 106 valence electrons. The first-order valence-corrected chi connectivity index (χ1v) is 7.83. The van der Waals surface area contributed by atoms with Crippen molar-refractivity contribution in [2.24, 2.45) is 5.73 Å². The number of hydrogen-bond donors (Lipinski definition) is 1. The number of nitrogens with zero attached hydrogens (tertiary/aromatic N) is 1. The van der Waals surface area contributed by atoms with Crippen LogP contribution in [-0.4, -0.2) is 19.1 Å². The fraction of sp³-hybridized carbons (Fsp3) is 0.625. The lowest BCUT2D eigenvalue weighted by Crippen LogP contribution is -2.29. The van der Waals surface area contributed by atoms with Gasteiger partial charge in [-0.2, -0.15) is 0 Å². The summed E-state index contributed by atoms with van der Waals surface area (Å²) >= 11 is 6.14. The minimum atomic E-state index is 0.173. The predicted molar refractivity (Wildman–Crippen MR) is 84.1 cm³/mol. The van der Waals surface area contributed by atoms with Gasteiger partial charge in [-0.1, -0.05) is 30.9 Å². The van der Waals surface area contributed by atoms with Crippen LogP contribution in [-0.2, 0) is 6.42 Å². The van der Waals surface area contributed by atoms with Crippen LogP contribution in [0.3, 0.4) is 0 Å². The smallest absolute Gasteiger partial charge is 0.0410 e. The molecule has 1 unspecified atom stereocenters. The van der Waals surface area contributed by atoms with Crippen LogP contribution in [0.5, 0.6) is 0 Å². The Morgan fingerprint density at radius 2 is 1.79 bits per heavy atom. The van der Waals surface area contributed by atoms with Crippen LogP contribution >= 0.6 is 11.6 Å². The first-order valence-electron chi connectivity index (χ1n) is 7.46. The maximum Gasteiger partial charge on any atom is 0.0410 e. The SMILES string of the molecule is CC(N)Cc1cc(Cl)ccc1N1CCCCCCC1. The molecule has 0 saturated carbocycles. The third-order valence-electron chi connectivity index (χ3n) is 3.78. The standard InChI is InChI=1S/C16H25ClN2/c1-13(18)11-14-12-15(17)7-8-16(14)19-9-5-3-2-4-6-10-19/h7-8,12-13H,2-6,9-11,18H2,1H3. The van der Waals surface area contributed by atoms with Crippen LogP contribution < -0.4 is 10.6 Å². The Morgan fingerprint density at radius 3 is 2.42 bits per heavy atom. The second-order valence-corrected chi connectivity index (χ2v) is 6.15. The van der Waals surface area contributed by atoms with E-state index in [1.54, 1.807) is 0 Å². The van der Waals surface area contributed by atoms with Gasteiger partial charge < -0.3 is 10.6 Å². The van der Waals surface area contributed by atoms with E-state index in [0.29, 0.717) is 0 Å². The normalized spacial score (nSPS) is 18.8. The molecule has 0 aromatic heterocycles. The summed E-state index contributed by atoms with van der Waals surface area (Å²) in [6.07, 6.45) is 7.58. The van der Waals surface area contributed by atoms with Gasteiger partial charge in [-0.3, -0.25) is 0 Å². The molecule has 1 aromatic rings. The molecule has 1 aliphatic rings. The van der Waals surface area contributed by atoms with Gasteiger partial charge in [-0.25, -0.2) is 0 Å². The fourth-order valence-electron chi connectivity index (χ4n) is 2.86. The lowest BCUT2D eigenvalue weighted by molar-refractivity contribution is 0.555. The van der Waals surface area contributed by atoms with Crippen molar-refractivity contribution in [3.63, 3.8) is 0 Å². The summed E-state index contributed by atoms with van der Waals surface area (Å²) in [5.41, 5.74) is 8.60. The summed E-state index contributed by atoms with van der Waals surface area (Å²) in [6, 6.07) is 6.42. The van der Waals surface area contributed by atoms with Gasteiger partial charge >= 0.3 is 0 Å². The Morgan fingerprint density at radius 1 is 1.16 bits per heavy atom. The van der Waals surface area contributed by atoms with E-state index in [1.807, 2.05) is 6.07 Å². The van der Waals surface area contributed by atoms with E-state index in [1.165, 1.54) is 43.4 Å². The Bertz CT molecular complexity index is 396. The summed E-state index contributed by atoms with van der Waals surface area (Å²) in [6.45, 7) is 4.37. The molecule has 0 aliphatic carbocycles. The first kappa shape index (κ1) is 14.7. The molecule has 1 saturated heterocycles. The summed E-state index contributed by atoms with van der Waals surface area (Å²) in [7, 11) is 0. The topological polar surface area (TPSA) is 29.3 Å². The third kappa shape index (κ3) is 4.39. The summed E-state index contributed by atoms with van der Waals surface area (Å²) in [4.78, 5) is 2.52. The van der Waals surface area contributed by atoms with Gasteiger partial charge in [-0.05, 0) is 49.9 Å². The Hall–Kier alpha value is -0.730. The maximum atomic E-state index is 6.14. The van der Waals surface area contributed by atoms with E-state index in [2.05, 4.69) is 24.0 Å². The highest BCUT2D eigenvalue weighted by Crippen LogP contribution is 2.27. The molecule has 0 spiro atoms. The minimum absolute atomic E-state index is 0.173. The van der Waals surface area contributed by atoms with Crippen molar-refractivity contribution >= 4 is 17.3 Å². The van der Waals surface area contributed by atoms with Crippen molar-refractivity contribution in [2.75, 3.05) is 18.0 Å². The highest BCUT2D eigenvalue weighted by atomic mass is 35.5. The van der Waals surface area contributed by atoms with E-state index in [9.17, 15) is 0 Å². The molecule has 1 heterocycles. The average molecular weight is 281 g/mol. The lowest BCUT2D eigenvalue weighted by Gasteiger charge is -2.29. The molecule has 1 aliphatic heterocycles. The van der Waals surface area contributed by atoms with E-state index < -0.39 is 0 Å². The van der Waals surface area contributed by atoms with Crippen molar-refractivity contribution in [1.29, 1.82) is 0 Å². The second kappa shape index (κ2) is 7.16. The molecule has 1 aromatic carbocycles. The van der Waals surface area contributed by atoms with Crippen molar-refractivity contribution < 1.29 is 0 Å². The van der Waals surface area contributed by atoms with Gasteiger partial charge in [0.2, 0.25) is 0 Å². The van der Waals surface area contributed by atoms with Crippen molar-refractivity contribution in [2.45, 2.75) is 51.5 Å². The highest BCUT2D eigenvalue weighted by Gasteiger charge is 2.14. The highest BCUT2D eigenvalue weighted by molar-refractivity contribution is 6.30. The van der Waals surface area contributed by atoms with Gasteiger partial charge in [0.1, 0.15) is 0 Å². The number of benzene rings is 1. The number of hydrogen-bond acceptors (Lipinski definition) is 2. The van der Waals surface area contributed by atoms with E-state index in [0.717, 1.165) is 24.5 Å². The molecular formula is C16H25ClN2. The molecule has 2 nitrogen and oxygen atoms in total. The zero-order chi connectivity index (χ0) is 13.7. The Balaban J connectivity index is 2.20. The quantitative estimate of drug-likeness (QED) is 0.907. The predicted octanol–water partition coefficient (Wildman–Crippen LogP) is 4.00. The van der Waals surface area contributed by atoms with Gasteiger partial charge in [0.25, 0.3) is 0 Å². The number of halogens is 1. The van der Waals surface area contributed by atoms with Crippen molar-refractivity contribution in [3.05, 3.63) is 28.8 Å². The zero-order valence-electron chi connectivity index (χ0n) is 11.9. The molecule has 1 atom stereocenters. The van der Waals surface area contributed by atoms with Gasteiger partial charge in [-0.15, -0.1) is 0 Å². The molecule has 19 heavy (non-hydrogen) atoms. The number of anilines is 1. The molecule has 0 bridgehead atoms. The third-order valence-corrected chi connectivity index (χ3v) is 4.02. The minimum Gasteiger partial charge on any atom is -0.371 e. The molecular weight excluding hydrogens is 256 g/mol. The van der Waals surface area contributed by atoms with Crippen LogP contribution in [0.25, 0.3) is 0 Å². The monoisotopic (exact) mass is 280 g/mol. The number of rotatable bonds is 3. The van der Waals surface area contributed by atoms with E-state index >= 15 is 0 Å². The molecule has 1 fully saturated rings. The maximum absolute atomic E-state index is 6.14. The fourth-order valence-corrected chi connectivity index (χ4v) is 3.06. The molecule has 2 N–H and O–H groups in total. The van der Waals surface area contributed by atoms with Gasteiger partial charge in [0, 0.05) is 29.8 Å². The van der Waals surface area contributed by atoms with Crippen LogP contribution in [0.1, 0.15) is 44.6 Å². The van der Waals surface area contributed by atoms with E-state index in [-0.39, 0.29) is 6.04 Å². The number of nitrogens with two attached hydrogens (primary N) is 1. The largest absolute Gasteiger partial charge is 0.371 e. The summed E-state index contributed by atoms with van der Waals surface area (Å²) in [5, 5.41) is 0.812. The van der Waals surface area contributed by atoms with Crippen molar-refractivity contribution in [3.8, 4) is 0 Å². The molecule has 0 radical (unpaired) electrons. The van der Waals surface area contributed by atoms with Gasteiger partial charge in [0.05, 0.1) is 0 Å². The lowest BCUT2D eigenvalue weighted by atomic mass is 10.0. The molecule has 2 rings (SSSR count). The Labute approximate surface area is 121 Å². The summed E-state index contributed by atoms with van der Waals surface area (Å²) in [5.74, 6) is 0. The van der Waals surface area contributed by atoms with Crippen LogP contribution in [0.15, 0.2) is 18.2 Å². The Kier molecular flexibility index (Phi) is 5.53. The van der Waals surface area contributed by atoms with Gasteiger partial charge in [0.15, 0.2) is 0 Å². The average Bonchev–Trinajstić information content (AvgIpc) is 2.29. The summed E-state index contributed by atoms with van der Waals surface area (Å²) < 4.78 is 0. The van der Waals surface area contributed by atoms with Crippen molar-refractivity contribution in [1.82, 2.24) is 0 Å². The van der Waals surface area contributed by atoms with Crippen LogP contribution in [0.4, 0.5) is 5.69 Å². The first-order chi connectivity index (χ1) is 9.16. The van der Waals surface area contributed by atoms with Crippen LogP contribution in [0, 0.1) is 0 Å². The van der Waals surface area contributed by atoms with Crippen LogP contribution in [0.2, 0.25) is 5.02 Å². The van der Waals surface area contributed by atoms with E-state index in [4.69, 9.17) is 17.3 Å². The second-order valence-electron chi connectivity index (χ2n) is 5.71. The molecule has 3 heteroatoms. The molecule has 0 amide bonds.